The molecule has 2 rings (SSSR count). The van der Waals surface area contributed by atoms with E-state index in [4.69, 9.17) is 15.9 Å². The Morgan fingerprint density at radius 2 is 2.17 bits per heavy atom. The fraction of sp³-hybridized carbons (Fsp3) is 0.462. The molecule has 1 aliphatic rings. The first-order valence-electron chi connectivity index (χ1n) is 6.13. The van der Waals surface area contributed by atoms with Crippen LogP contribution in [0.25, 0.3) is 0 Å². The number of benzene rings is 1. The van der Waals surface area contributed by atoms with Crippen LogP contribution in [0.1, 0.15) is 12.0 Å². The molecule has 0 aliphatic carbocycles. The number of likely N-dealkylation sites (tertiary alicyclic amines) is 1. The minimum Gasteiger partial charge on any atom is -0.492 e. The SMILES string of the molecule is N=C(N)c1ccc(OCCN2CCC(O)C2)cc1. The maximum atomic E-state index is 9.38. The molecule has 5 heteroatoms. The van der Waals surface area contributed by atoms with Gasteiger partial charge in [0, 0.05) is 25.2 Å². The molecule has 4 N–H and O–H groups in total. The molecule has 0 aromatic heterocycles. The van der Waals surface area contributed by atoms with Crippen LogP contribution in [0.5, 0.6) is 5.75 Å². The zero-order valence-corrected chi connectivity index (χ0v) is 10.3. The summed E-state index contributed by atoms with van der Waals surface area (Å²) < 4.78 is 5.60. The Balaban J connectivity index is 1.75. The summed E-state index contributed by atoms with van der Waals surface area (Å²) >= 11 is 0. The lowest BCUT2D eigenvalue weighted by Crippen LogP contribution is -2.27. The molecule has 0 amide bonds. The highest BCUT2D eigenvalue weighted by atomic mass is 16.5. The summed E-state index contributed by atoms with van der Waals surface area (Å²) in [4.78, 5) is 2.19. The highest BCUT2D eigenvalue weighted by molar-refractivity contribution is 5.94. The van der Waals surface area contributed by atoms with Crippen LogP contribution in [-0.2, 0) is 0 Å². The summed E-state index contributed by atoms with van der Waals surface area (Å²) in [5.41, 5.74) is 6.07. The van der Waals surface area contributed by atoms with Gasteiger partial charge in [-0.3, -0.25) is 10.3 Å². The Bertz CT molecular complexity index is 405. The Morgan fingerprint density at radius 1 is 1.44 bits per heavy atom. The normalized spacial score (nSPS) is 19.9. The maximum absolute atomic E-state index is 9.38. The molecule has 1 aromatic rings. The lowest BCUT2D eigenvalue weighted by molar-refractivity contribution is 0.167. The molecule has 1 unspecified atom stereocenters. The van der Waals surface area contributed by atoms with Crippen molar-refractivity contribution in [2.75, 3.05) is 26.2 Å². The van der Waals surface area contributed by atoms with E-state index in [1.165, 1.54) is 0 Å². The summed E-state index contributed by atoms with van der Waals surface area (Å²) in [6.07, 6.45) is 0.674. The van der Waals surface area contributed by atoms with E-state index in [0.29, 0.717) is 12.2 Å². The van der Waals surface area contributed by atoms with Gasteiger partial charge in [0.25, 0.3) is 0 Å². The molecule has 98 valence electrons. The molecule has 1 aliphatic heterocycles. The maximum Gasteiger partial charge on any atom is 0.122 e. The van der Waals surface area contributed by atoms with E-state index in [0.717, 1.165) is 31.8 Å². The Morgan fingerprint density at radius 3 is 2.72 bits per heavy atom. The first-order chi connectivity index (χ1) is 8.65. The van der Waals surface area contributed by atoms with Gasteiger partial charge in [-0.1, -0.05) is 0 Å². The summed E-state index contributed by atoms with van der Waals surface area (Å²) in [6, 6.07) is 7.18. The molecule has 1 saturated heterocycles. The number of β-amino-alcohol motifs (C(OH)–C–C–N with tert-alkyl or cyclic N) is 1. The molecule has 0 spiro atoms. The number of aliphatic hydroxyl groups excluding tert-OH is 1. The average Bonchev–Trinajstić information content (AvgIpc) is 2.76. The van der Waals surface area contributed by atoms with Crippen molar-refractivity contribution in [3.63, 3.8) is 0 Å². The second-order valence-corrected chi connectivity index (χ2v) is 4.53. The lowest BCUT2D eigenvalue weighted by Gasteiger charge is -2.15. The van der Waals surface area contributed by atoms with Crippen molar-refractivity contribution < 1.29 is 9.84 Å². The zero-order valence-electron chi connectivity index (χ0n) is 10.3. The summed E-state index contributed by atoms with van der Waals surface area (Å²) in [5, 5.41) is 16.7. The monoisotopic (exact) mass is 249 g/mol. The van der Waals surface area contributed by atoms with Crippen molar-refractivity contribution in [1.82, 2.24) is 4.90 Å². The van der Waals surface area contributed by atoms with Gasteiger partial charge in [0.05, 0.1) is 6.10 Å². The number of ether oxygens (including phenoxy) is 1. The fourth-order valence-electron chi connectivity index (χ4n) is 2.04. The van der Waals surface area contributed by atoms with Gasteiger partial charge >= 0.3 is 0 Å². The first-order valence-corrected chi connectivity index (χ1v) is 6.13. The summed E-state index contributed by atoms with van der Waals surface area (Å²) in [5.74, 6) is 0.840. The quantitative estimate of drug-likeness (QED) is 0.521. The molecule has 1 aromatic carbocycles. The van der Waals surface area contributed by atoms with Gasteiger partial charge in [0.15, 0.2) is 0 Å². The Kier molecular flexibility index (Phi) is 4.17. The molecule has 1 fully saturated rings. The van der Waals surface area contributed by atoms with E-state index in [1.807, 2.05) is 12.1 Å². The highest BCUT2D eigenvalue weighted by Crippen LogP contribution is 2.12. The van der Waals surface area contributed by atoms with Crippen LogP contribution in [-0.4, -0.2) is 48.2 Å². The van der Waals surface area contributed by atoms with Crippen molar-refractivity contribution in [2.45, 2.75) is 12.5 Å². The van der Waals surface area contributed by atoms with Crippen molar-refractivity contribution >= 4 is 5.84 Å². The Hall–Kier alpha value is -1.59. The summed E-state index contributed by atoms with van der Waals surface area (Å²) in [7, 11) is 0. The topological polar surface area (TPSA) is 82.6 Å². The summed E-state index contributed by atoms with van der Waals surface area (Å²) in [6.45, 7) is 3.11. The first kappa shape index (κ1) is 12.9. The van der Waals surface area contributed by atoms with E-state index in [1.54, 1.807) is 12.1 Å². The largest absolute Gasteiger partial charge is 0.492 e. The molecule has 18 heavy (non-hydrogen) atoms. The van der Waals surface area contributed by atoms with Gasteiger partial charge in [-0.05, 0) is 30.7 Å². The molecule has 1 atom stereocenters. The number of nitrogens with zero attached hydrogens (tertiary/aromatic N) is 1. The third kappa shape index (κ3) is 3.45. The van der Waals surface area contributed by atoms with Crippen LogP contribution < -0.4 is 10.5 Å². The number of hydrogen-bond donors (Lipinski definition) is 3. The number of nitrogen functional groups attached to an aromatic ring is 1. The number of nitrogens with one attached hydrogen (secondary N) is 1. The standard InChI is InChI=1S/C13H19N3O2/c14-13(15)10-1-3-12(4-2-10)18-8-7-16-6-5-11(17)9-16/h1-4,11,17H,5-9H2,(H3,14,15). The fourth-order valence-corrected chi connectivity index (χ4v) is 2.04. The van der Waals surface area contributed by atoms with Crippen LogP contribution in [0.2, 0.25) is 0 Å². The van der Waals surface area contributed by atoms with E-state index >= 15 is 0 Å². The van der Waals surface area contributed by atoms with Gasteiger partial charge in [-0.25, -0.2) is 0 Å². The van der Waals surface area contributed by atoms with Crippen molar-refractivity contribution in [3.8, 4) is 5.75 Å². The molecule has 0 radical (unpaired) electrons. The van der Waals surface area contributed by atoms with Gasteiger partial charge in [-0.2, -0.15) is 0 Å². The third-order valence-electron chi connectivity index (χ3n) is 3.09. The number of rotatable bonds is 5. The Labute approximate surface area is 107 Å². The van der Waals surface area contributed by atoms with Crippen LogP contribution in [0.15, 0.2) is 24.3 Å². The predicted molar refractivity (Wildman–Crippen MR) is 70.0 cm³/mol. The van der Waals surface area contributed by atoms with E-state index in [-0.39, 0.29) is 11.9 Å². The third-order valence-corrected chi connectivity index (χ3v) is 3.09. The second kappa shape index (κ2) is 5.84. The van der Waals surface area contributed by atoms with Crippen LogP contribution in [0.3, 0.4) is 0 Å². The minimum absolute atomic E-state index is 0.0626. The zero-order chi connectivity index (χ0) is 13.0. The second-order valence-electron chi connectivity index (χ2n) is 4.53. The molecule has 0 saturated carbocycles. The number of nitrogens with two attached hydrogens (primary N) is 1. The van der Waals surface area contributed by atoms with Gasteiger partial charge in [0.2, 0.25) is 0 Å². The molecule has 1 heterocycles. The minimum atomic E-state index is -0.181. The average molecular weight is 249 g/mol. The van der Waals surface area contributed by atoms with E-state index < -0.39 is 0 Å². The van der Waals surface area contributed by atoms with Gasteiger partial charge < -0.3 is 15.6 Å². The molecular formula is C13H19N3O2. The van der Waals surface area contributed by atoms with Crippen LogP contribution in [0, 0.1) is 5.41 Å². The number of amidine groups is 1. The molecular weight excluding hydrogens is 230 g/mol. The lowest BCUT2D eigenvalue weighted by atomic mass is 10.2. The van der Waals surface area contributed by atoms with Crippen molar-refractivity contribution in [3.05, 3.63) is 29.8 Å². The smallest absolute Gasteiger partial charge is 0.122 e. The van der Waals surface area contributed by atoms with E-state index in [9.17, 15) is 5.11 Å². The van der Waals surface area contributed by atoms with Crippen LogP contribution >= 0.6 is 0 Å². The molecule has 0 bridgehead atoms. The van der Waals surface area contributed by atoms with Gasteiger partial charge in [0.1, 0.15) is 18.2 Å². The van der Waals surface area contributed by atoms with Gasteiger partial charge in [-0.15, -0.1) is 0 Å². The molecule has 5 nitrogen and oxygen atoms in total. The van der Waals surface area contributed by atoms with Crippen LogP contribution in [0.4, 0.5) is 0 Å². The number of hydrogen-bond acceptors (Lipinski definition) is 4. The predicted octanol–water partition coefficient (Wildman–Crippen LogP) is 0.416. The van der Waals surface area contributed by atoms with E-state index in [2.05, 4.69) is 4.90 Å². The van der Waals surface area contributed by atoms with Crippen molar-refractivity contribution in [1.29, 1.82) is 5.41 Å². The van der Waals surface area contributed by atoms with Crippen molar-refractivity contribution in [2.24, 2.45) is 5.73 Å². The number of aliphatic hydroxyl groups is 1. The highest BCUT2D eigenvalue weighted by Gasteiger charge is 2.19.